The topological polar surface area (TPSA) is 69.7 Å². The summed E-state index contributed by atoms with van der Waals surface area (Å²) in [6, 6.07) is 13.2. The fourth-order valence-corrected chi connectivity index (χ4v) is 3.43. The van der Waals surface area contributed by atoms with Gasteiger partial charge in [-0.3, -0.25) is 4.79 Å². The smallest absolute Gasteiger partial charge is 0.226 e. The number of anilines is 1. The Morgan fingerprint density at radius 3 is 2.39 bits per heavy atom. The van der Waals surface area contributed by atoms with Crippen LogP contribution in [0.15, 0.2) is 47.8 Å². The van der Waals surface area contributed by atoms with Crippen LogP contribution in [0.2, 0.25) is 0 Å². The molecule has 146 valence electrons. The quantitative estimate of drug-likeness (QED) is 0.609. The Kier molecular flexibility index (Phi) is 6.49. The molecule has 1 N–H and O–H groups in total. The van der Waals surface area contributed by atoms with Crippen molar-refractivity contribution in [3.8, 4) is 28.5 Å². The average molecular weight is 398 g/mol. The van der Waals surface area contributed by atoms with Crippen molar-refractivity contribution < 1.29 is 19.0 Å². The molecule has 3 aromatic rings. The number of nitrogens with zero attached hydrogens (tertiary/aromatic N) is 1. The van der Waals surface area contributed by atoms with Crippen molar-refractivity contribution in [2.75, 3.05) is 26.6 Å². The number of hydrogen-bond donors (Lipinski definition) is 1. The van der Waals surface area contributed by atoms with Gasteiger partial charge in [0.15, 0.2) is 5.13 Å². The highest BCUT2D eigenvalue weighted by atomic mass is 32.1. The Bertz CT molecular complexity index is 938. The first-order valence-electron chi connectivity index (χ1n) is 8.73. The Morgan fingerprint density at radius 2 is 1.71 bits per heavy atom. The molecule has 0 aliphatic carbocycles. The minimum atomic E-state index is -0.0747. The maximum absolute atomic E-state index is 12.3. The van der Waals surface area contributed by atoms with Crippen molar-refractivity contribution >= 4 is 22.4 Å². The van der Waals surface area contributed by atoms with E-state index in [4.69, 9.17) is 14.2 Å². The van der Waals surface area contributed by atoms with E-state index in [1.165, 1.54) is 11.3 Å². The van der Waals surface area contributed by atoms with Crippen molar-refractivity contribution in [2.45, 2.75) is 12.8 Å². The molecule has 0 aliphatic heterocycles. The predicted octanol–water partition coefficient (Wildman–Crippen LogP) is 4.41. The lowest BCUT2D eigenvalue weighted by Gasteiger charge is -2.08. The van der Waals surface area contributed by atoms with Gasteiger partial charge in [-0.15, -0.1) is 11.3 Å². The molecule has 6 nitrogen and oxygen atoms in total. The van der Waals surface area contributed by atoms with Gasteiger partial charge in [-0.1, -0.05) is 12.1 Å². The highest BCUT2D eigenvalue weighted by Crippen LogP contribution is 2.35. The lowest BCUT2D eigenvalue weighted by atomic mass is 10.1. The molecular formula is C21H22N2O4S. The summed E-state index contributed by atoms with van der Waals surface area (Å²) in [5, 5.41) is 5.30. The first-order valence-corrected chi connectivity index (χ1v) is 9.61. The monoisotopic (exact) mass is 398 g/mol. The van der Waals surface area contributed by atoms with Crippen molar-refractivity contribution in [2.24, 2.45) is 0 Å². The van der Waals surface area contributed by atoms with Gasteiger partial charge in [0.25, 0.3) is 0 Å². The van der Waals surface area contributed by atoms with E-state index in [1.54, 1.807) is 21.3 Å². The second-order valence-corrected chi connectivity index (χ2v) is 6.86. The van der Waals surface area contributed by atoms with E-state index in [0.717, 1.165) is 22.6 Å². The summed E-state index contributed by atoms with van der Waals surface area (Å²) in [4.78, 5) is 16.8. The van der Waals surface area contributed by atoms with E-state index >= 15 is 0 Å². The van der Waals surface area contributed by atoms with E-state index in [9.17, 15) is 4.79 Å². The van der Waals surface area contributed by atoms with Crippen LogP contribution in [0.1, 0.15) is 12.0 Å². The van der Waals surface area contributed by atoms with Gasteiger partial charge in [-0.25, -0.2) is 4.98 Å². The second-order valence-electron chi connectivity index (χ2n) is 6.00. The molecule has 0 fully saturated rings. The van der Waals surface area contributed by atoms with Gasteiger partial charge < -0.3 is 19.5 Å². The number of methoxy groups -OCH3 is 3. The molecule has 0 radical (unpaired) electrons. The van der Waals surface area contributed by atoms with Crippen LogP contribution in [0.25, 0.3) is 11.3 Å². The lowest BCUT2D eigenvalue weighted by Crippen LogP contribution is -2.12. The molecule has 0 saturated heterocycles. The average Bonchev–Trinajstić information content (AvgIpc) is 3.20. The maximum Gasteiger partial charge on any atom is 0.226 e. The first-order chi connectivity index (χ1) is 13.6. The van der Waals surface area contributed by atoms with Crippen LogP contribution in [0.5, 0.6) is 17.2 Å². The largest absolute Gasteiger partial charge is 0.497 e. The number of aryl methyl sites for hydroxylation is 1. The summed E-state index contributed by atoms with van der Waals surface area (Å²) in [7, 11) is 4.85. The van der Waals surface area contributed by atoms with E-state index < -0.39 is 0 Å². The van der Waals surface area contributed by atoms with Gasteiger partial charge in [0.1, 0.15) is 17.2 Å². The van der Waals surface area contributed by atoms with Crippen LogP contribution in [0.4, 0.5) is 5.13 Å². The summed E-state index contributed by atoms with van der Waals surface area (Å²) >= 11 is 1.38. The van der Waals surface area contributed by atoms with Gasteiger partial charge in [0, 0.05) is 17.4 Å². The van der Waals surface area contributed by atoms with E-state index in [0.29, 0.717) is 29.5 Å². The number of rotatable bonds is 8. The summed E-state index contributed by atoms with van der Waals surface area (Å²) in [6.07, 6.45) is 1.03. The van der Waals surface area contributed by atoms with Gasteiger partial charge >= 0.3 is 0 Å². The maximum atomic E-state index is 12.3. The minimum absolute atomic E-state index is 0.0747. The summed E-state index contributed by atoms with van der Waals surface area (Å²) in [6.45, 7) is 0. The van der Waals surface area contributed by atoms with Gasteiger partial charge in [-0.2, -0.15) is 0 Å². The van der Waals surface area contributed by atoms with Crippen LogP contribution in [-0.4, -0.2) is 32.2 Å². The molecule has 1 aromatic heterocycles. The van der Waals surface area contributed by atoms with Gasteiger partial charge in [-0.05, 0) is 42.3 Å². The fourth-order valence-electron chi connectivity index (χ4n) is 2.70. The van der Waals surface area contributed by atoms with Crippen LogP contribution >= 0.6 is 11.3 Å². The Hall–Kier alpha value is -3.06. The number of hydrogen-bond acceptors (Lipinski definition) is 6. The van der Waals surface area contributed by atoms with Crippen molar-refractivity contribution in [1.29, 1.82) is 0 Å². The second kappa shape index (κ2) is 9.23. The predicted molar refractivity (Wildman–Crippen MR) is 111 cm³/mol. The number of nitrogens with one attached hydrogen (secondary N) is 1. The molecule has 0 aliphatic rings. The molecule has 0 spiro atoms. The molecule has 1 heterocycles. The van der Waals surface area contributed by atoms with E-state index in [1.807, 2.05) is 47.8 Å². The van der Waals surface area contributed by atoms with Crippen molar-refractivity contribution in [1.82, 2.24) is 4.98 Å². The summed E-state index contributed by atoms with van der Waals surface area (Å²) < 4.78 is 15.8. The highest BCUT2D eigenvalue weighted by molar-refractivity contribution is 7.14. The first kappa shape index (κ1) is 19.7. The third-order valence-electron chi connectivity index (χ3n) is 4.23. The number of ether oxygens (including phenoxy) is 3. The summed E-state index contributed by atoms with van der Waals surface area (Å²) in [5.41, 5.74) is 2.62. The number of amides is 1. The molecule has 2 aromatic carbocycles. The number of thiazole rings is 1. The van der Waals surface area contributed by atoms with E-state index in [2.05, 4.69) is 10.3 Å². The molecule has 0 atom stereocenters. The van der Waals surface area contributed by atoms with Gasteiger partial charge in [0.05, 0.1) is 27.0 Å². The lowest BCUT2D eigenvalue weighted by molar-refractivity contribution is -0.116. The number of aromatic nitrogens is 1. The molecular weight excluding hydrogens is 376 g/mol. The van der Waals surface area contributed by atoms with Crippen molar-refractivity contribution in [3.63, 3.8) is 0 Å². The zero-order chi connectivity index (χ0) is 19.9. The summed E-state index contributed by atoms with van der Waals surface area (Å²) in [5.74, 6) is 2.14. The van der Waals surface area contributed by atoms with Crippen LogP contribution in [0.3, 0.4) is 0 Å². The minimum Gasteiger partial charge on any atom is -0.497 e. The van der Waals surface area contributed by atoms with E-state index in [-0.39, 0.29) is 5.91 Å². The standard InChI is InChI=1S/C21H22N2O4S/c1-25-15-7-4-14(5-8-15)6-11-20(24)23-21-22-18(13-28-21)17-12-16(26-2)9-10-19(17)27-3/h4-5,7-10,12-13H,6,11H2,1-3H3,(H,22,23,24). The Morgan fingerprint density at radius 1 is 1.00 bits per heavy atom. The highest BCUT2D eigenvalue weighted by Gasteiger charge is 2.13. The number of carbonyl (C=O) groups is 1. The third-order valence-corrected chi connectivity index (χ3v) is 4.99. The zero-order valence-electron chi connectivity index (χ0n) is 16.0. The molecule has 3 rings (SSSR count). The fraction of sp³-hybridized carbons (Fsp3) is 0.238. The molecule has 0 bridgehead atoms. The SMILES string of the molecule is COc1ccc(CCC(=O)Nc2nc(-c3cc(OC)ccc3OC)cs2)cc1. The third kappa shape index (κ3) is 4.80. The van der Waals surface area contributed by atoms with Crippen LogP contribution in [0, 0.1) is 0 Å². The van der Waals surface area contributed by atoms with Crippen LogP contribution < -0.4 is 19.5 Å². The zero-order valence-corrected chi connectivity index (χ0v) is 16.8. The normalized spacial score (nSPS) is 10.4. The van der Waals surface area contributed by atoms with Crippen LogP contribution in [-0.2, 0) is 11.2 Å². The Balaban J connectivity index is 1.63. The van der Waals surface area contributed by atoms with Gasteiger partial charge in [0.2, 0.25) is 5.91 Å². The Labute approximate surface area is 168 Å². The molecule has 0 saturated carbocycles. The number of benzene rings is 2. The molecule has 28 heavy (non-hydrogen) atoms. The molecule has 1 amide bonds. The molecule has 0 unspecified atom stereocenters. The van der Waals surface area contributed by atoms with Crippen molar-refractivity contribution in [3.05, 3.63) is 53.4 Å². The molecule has 7 heteroatoms. The number of carbonyl (C=O) groups excluding carboxylic acids is 1.